The van der Waals surface area contributed by atoms with Crippen molar-refractivity contribution in [1.29, 1.82) is 0 Å². The Morgan fingerprint density at radius 1 is 1.41 bits per heavy atom. The standard InChI is InChI=1S/C12H18N2O3/c1-14-12(15)10-5-4-9(13)8-11(10)17-7-3-6-16-2/h4-5,8H,3,6-7,13H2,1-2H3,(H,14,15). The largest absolute Gasteiger partial charge is 0.493 e. The maximum atomic E-state index is 11.6. The van der Waals surface area contributed by atoms with Gasteiger partial charge in [0.05, 0.1) is 12.2 Å². The van der Waals surface area contributed by atoms with Crippen molar-refractivity contribution in [1.82, 2.24) is 5.32 Å². The van der Waals surface area contributed by atoms with Gasteiger partial charge in [0.1, 0.15) is 5.75 Å². The van der Waals surface area contributed by atoms with Gasteiger partial charge in [0.25, 0.3) is 5.91 Å². The fourth-order valence-electron chi connectivity index (χ4n) is 1.37. The number of benzene rings is 1. The van der Waals surface area contributed by atoms with Gasteiger partial charge in [-0.3, -0.25) is 4.79 Å². The minimum absolute atomic E-state index is 0.188. The number of rotatable bonds is 6. The molecular weight excluding hydrogens is 220 g/mol. The summed E-state index contributed by atoms with van der Waals surface area (Å²) in [5, 5.41) is 2.56. The first-order valence-electron chi connectivity index (χ1n) is 5.42. The average Bonchev–Trinajstić information content (AvgIpc) is 2.34. The molecule has 0 unspecified atom stereocenters. The summed E-state index contributed by atoms with van der Waals surface area (Å²) >= 11 is 0. The first-order chi connectivity index (χ1) is 8.19. The second-order valence-electron chi connectivity index (χ2n) is 3.53. The predicted octanol–water partition coefficient (Wildman–Crippen LogP) is 1.04. The third kappa shape index (κ3) is 3.96. The molecule has 5 nitrogen and oxygen atoms in total. The first kappa shape index (κ1) is 13.3. The average molecular weight is 238 g/mol. The smallest absolute Gasteiger partial charge is 0.254 e. The lowest BCUT2D eigenvalue weighted by atomic mass is 10.1. The van der Waals surface area contributed by atoms with Crippen LogP contribution in [0.15, 0.2) is 18.2 Å². The Bertz CT molecular complexity index is 380. The molecule has 17 heavy (non-hydrogen) atoms. The van der Waals surface area contributed by atoms with Crippen molar-refractivity contribution in [2.45, 2.75) is 6.42 Å². The zero-order chi connectivity index (χ0) is 12.7. The zero-order valence-corrected chi connectivity index (χ0v) is 10.2. The first-order valence-corrected chi connectivity index (χ1v) is 5.42. The Labute approximate surface area is 101 Å². The number of nitrogens with one attached hydrogen (secondary N) is 1. The molecule has 0 aliphatic rings. The van der Waals surface area contributed by atoms with Gasteiger partial charge in [0, 0.05) is 38.9 Å². The molecule has 0 aliphatic heterocycles. The summed E-state index contributed by atoms with van der Waals surface area (Å²) in [5.74, 6) is 0.312. The summed E-state index contributed by atoms with van der Waals surface area (Å²) < 4.78 is 10.4. The van der Waals surface area contributed by atoms with E-state index in [0.717, 1.165) is 6.42 Å². The number of ether oxygens (including phenoxy) is 2. The molecule has 0 aliphatic carbocycles. The summed E-state index contributed by atoms with van der Waals surface area (Å²) in [6, 6.07) is 4.98. The molecule has 0 saturated carbocycles. The Kier molecular flexibility index (Phi) is 5.29. The molecule has 1 rings (SSSR count). The molecule has 0 saturated heterocycles. The summed E-state index contributed by atoms with van der Waals surface area (Å²) in [6.07, 6.45) is 0.762. The van der Waals surface area contributed by atoms with Crippen LogP contribution < -0.4 is 15.8 Å². The van der Waals surface area contributed by atoms with Crippen molar-refractivity contribution in [2.24, 2.45) is 0 Å². The van der Waals surface area contributed by atoms with E-state index in [2.05, 4.69) is 5.32 Å². The van der Waals surface area contributed by atoms with E-state index in [9.17, 15) is 4.79 Å². The van der Waals surface area contributed by atoms with Crippen LogP contribution in [0, 0.1) is 0 Å². The lowest BCUT2D eigenvalue weighted by Crippen LogP contribution is -2.19. The van der Waals surface area contributed by atoms with Crippen molar-refractivity contribution in [3.63, 3.8) is 0 Å². The summed E-state index contributed by atoms with van der Waals surface area (Å²) in [7, 11) is 3.21. The molecular formula is C12H18N2O3. The monoisotopic (exact) mass is 238 g/mol. The fraction of sp³-hybridized carbons (Fsp3) is 0.417. The van der Waals surface area contributed by atoms with Gasteiger partial charge in [-0.1, -0.05) is 0 Å². The van der Waals surface area contributed by atoms with E-state index < -0.39 is 0 Å². The number of hydrogen-bond acceptors (Lipinski definition) is 4. The second kappa shape index (κ2) is 6.75. The van der Waals surface area contributed by atoms with E-state index in [1.54, 1.807) is 32.4 Å². The molecule has 0 aromatic heterocycles. The van der Waals surface area contributed by atoms with Gasteiger partial charge >= 0.3 is 0 Å². The van der Waals surface area contributed by atoms with Crippen LogP contribution in [0.2, 0.25) is 0 Å². The highest BCUT2D eigenvalue weighted by Gasteiger charge is 2.11. The minimum Gasteiger partial charge on any atom is -0.493 e. The van der Waals surface area contributed by atoms with E-state index in [1.165, 1.54) is 0 Å². The van der Waals surface area contributed by atoms with Gasteiger partial charge in [0.2, 0.25) is 0 Å². The van der Waals surface area contributed by atoms with Crippen LogP contribution in [-0.4, -0.2) is 33.3 Å². The van der Waals surface area contributed by atoms with Gasteiger partial charge in [-0.25, -0.2) is 0 Å². The number of hydrogen-bond donors (Lipinski definition) is 2. The molecule has 0 fully saturated rings. The van der Waals surface area contributed by atoms with E-state index >= 15 is 0 Å². The fourth-order valence-corrected chi connectivity index (χ4v) is 1.37. The summed E-state index contributed by atoms with van der Waals surface area (Å²) in [4.78, 5) is 11.6. The Balaban J connectivity index is 2.73. The molecule has 1 aromatic rings. The Morgan fingerprint density at radius 3 is 2.82 bits per heavy atom. The molecule has 0 radical (unpaired) electrons. The van der Waals surface area contributed by atoms with Gasteiger partial charge in [-0.2, -0.15) is 0 Å². The van der Waals surface area contributed by atoms with Crippen LogP contribution in [0.3, 0.4) is 0 Å². The lowest BCUT2D eigenvalue weighted by Gasteiger charge is -2.11. The number of methoxy groups -OCH3 is 1. The highest BCUT2D eigenvalue weighted by atomic mass is 16.5. The van der Waals surface area contributed by atoms with Crippen LogP contribution in [0.25, 0.3) is 0 Å². The van der Waals surface area contributed by atoms with Crippen LogP contribution in [-0.2, 0) is 4.74 Å². The minimum atomic E-state index is -0.188. The maximum Gasteiger partial charge on any atom is 0.254 e. The van der Waals surface area contributed by atoms with Crippen LogP contribution >= 0.6 is 0 Å². The van der Waals surface area contributed by atoms with Crippen molar-refractivity contribution in [2.75, 3.05) is 33.1 Å². The normalized spacial score (nSPS) is 10.0. The SMILES string of the molecule is CNC(=O)c1ccc(N)cc1OCCCOC. The Hall–Kier alpha value is -1.75. The third-order valence-electron chi connectivity index (χ3n) is 2.23. The molecule has 0 atom stereocenters. The molecule has 5 heteroatoms. The van der Waals surface area contributed by atoms with E-state index in [1.807, 2.05) is 0 Å². The molecule has 1 amide bonds. The number of nitrogen functional groups attached to an aromatic ring is 1. The predicted molar refractivity (Wildman–Crippen MR) is 66.2 cm³/mol. The third-order valence-corrected chi connectivity index (χ3v) is 2.23. The van der Waals surface area contributed by atoms with Crippen molar-refractivity contribution in [3.8, 4) is 5.75 Å². The zero-order valence-electron chi connectivity index (χ0n) is 10.2. The van der Waals surface area contributed by atoms with Gasteiger partial charge in [0.15, 0.2) is 0 Å². The van der Waals surface area contributed by atoms with Crippen molar-refractivity contribution in [3.05, 3.63) is 23.8 Å². The van der Waals surface area contributed by atoms with Crippen LogP contribution in [0.1, 0.15) is 16.8 Å². The number of carbonyl (C=O) groups excluding carboxylic acids is 1. The highest BCUT2D eigenvalue weighted by Crippen LogP contribution is 2.21. The molecule has 0 heterocycles. The van der Waals surface area contributed by atoms with Gasteiger partial charge in [-0.15, -0.1) is 0 Å². The van der Waals surface area contributed by atoms with E-state index in [0.29, 0.717) is 30.2 Å². The number of carbonyl (C=O) groups is 1. The second-order valence-corrected chi connectivity index (χ2v) is 3.53. The van der Waals surface area contributed by atoms with Crippen molar-refractivity contribution < 1.29 is 14.3 Å². The highest BCUT2D eigenvalue weighted by molar-refractivity contribution is 5.97. The topological polar surface area (TPSA) is 73.6 Å². The molecule has 0 spiro atoms. The van der Waals surface area contributed by atoms with Crippen molar-refractivity contribution >= 4 is 11.6 Å². The van der Waals surface area contributed by atoms with E-state index in [-0.39, 0.29) is 5.91 Å². The van der Waals surface area contributed by atoms with Gasteiger partial charge < -0.3 is 20.5 Å². The Morgan fingerprint density at radius 2 is 2.18 bits per heavy atom. The van der Waals surface area contributed by atoms with Crippen LogP contribution in [0.5, 0.6) is 5.75 Å². The van der Waals surface area contributed by atoms with Gasteiger partial charge in [-0.05, 0) is 12.1 Å². The molecule has 3 N–H and O–H groups in total. The number of anilines is 1. The number of nitrogens with two attached hydrogens (primary N) is 1. The summed E-state index contributed by atoms with van der Waals surface area (Å²) in [5.41, 5.74) is 6.72. The lowest BCUT2D eigenvalue weighted by molar-refractivity contribution is 0.0958. The maximum absolute atomic E-state index is 11.6. The molecule has 94 valence electrons. The molecule has 0 bridgehead atoms. The number of amides is 1. The molecule has 1 aromatic carbocycles. The quantitative estimate of drug-likeness (QED) is 0.573. The van der Waals surface area contributed by atoms with E-state index in [4.69, 9.17) is 15.2 Å². The van der Waals surface area contributed by atoms with Crippen LogP contribution in [0.4, 0.5) is 5.69 Å². The summed E-state index contributed by atoms with van der Waals surface area (Å²) in [6.45, 7) is 1.11.